The molecule has 0 spiro atoms. The third-order valence-electron chi connectivity index (χ3n) is 3.88. The summed E-state index contributed by atoms with van der Waals surface area (Å²) in [5.41, 5.74) is 1.55. The zero-order valence-corrected chi connectivity index (χ0v) is 16.1. The lowest BCUT2D eigenvalue weighted by Crippen LogP contribution is -2.29. The highest BCUT2D eigenvalue weighted by atomic mass is 35.5. The van der Waals surface area contributed by atoms with Gasteiger partial charge < -0.3 is 10.1 Å². The Hall–Kier alpha value is -2.70. The molecule has 1 atom stereocenters. The van der Waals surface area contributed by atoms with Gasteiger partial charge in [0, 0.05) is 11.1 Å². The van der Waals surface area contributed by atoms with Crippen molar-refractivity contribution in [3.05, 3.63) is 70.2 Å². The second kappa shape index (κ2) is 8.79. The Morgan fingerprint density at radius 2 is 1.96 bits per heavy atom. The monoisotopic (exact) mass is 400 g/mol. The molecule has 1 heterocycles. The van der Waals surface area contributed by atoms with E-state index in [1.54, 1.807) is 30.3 Å². The first-order chi connectivity index (χ1) is 13.1. The van der Waals surface area contributed by atoms with E-state index in [9.17, 15) is 9.59 Å². The summed E-state index contributed by atoms with van der Waals surface area (Å²) >= 11 is 7.72. The molecule has 1 unspecified atom stereocenters. The first-order valence-corrected chi connectivity index (χ1v) is 9.41. The summed E-state index contributed by atoms with van der Waals surface area (Å²) in [6.07, 6.45) is 3.04. The van der Waals surface area contributed by atoms with E-state index >= 15 is 0 Å². The quantitative estimate of drug-likeness (QED) is 0.492. The van der Waals surface area contributed by atoms with Crippen molar-refractivity contribution in [2.75, 3.05) is 7.11 Å². The predicted molar refractivity (Wildman–Crippen MR) is 108 cm³/mol. The number of esters is 1. The first-order valence-electron chi connectivity index (χ1n) is 8.22. The fraction of sp³-hybridized carbons (Fsp3) is 0.150. The van der Waals surface area contributed by atoms with Crippen LogP contribution in [-0.2, 0) is 14.3 Å². The maximum atomic E-state index is 12.4. The number of thiazole rings is 1. The second-order valence-electron chi connectivity index (χ2n) is 5.72. The van der Waals surface area contributed by atoms with Gasteiger partial charge in [-0.15, -0.1) is 11.3 Å². The minimum Gasteiger partial charge on any atom is -0.469 e. The Bertz CT molecular complexity index is 967. The zero-order valence-electron chi connectivity index (χ0n) is 14.5. The largest absolute Gasteiger partial charge is 0.469 e. The van der Waals surface area contributed by atoms with Crippen LogP contribution in [0.4, 0.5) is 0 Å². The Kier molecular flexibility index (Phi) is 6.21. The number of para-hydroxylation sites is 1. The molecule has 0 aliphatic carbocycles. The molecule has 138 valence electrons. The van der Waals surface area contributed by atoms with Crippen molar-refractivity contribution in [3.8, 4) is 0 Å². The summed E-state index contributed by atoms with van der Waals surface area (Å²) in [4.78, 5) is 28.6. The molecule has 0 bridgehead atoms. The lowest BCUT2D eigenvalue weighted by molar-refractivity contribution is -0.141. The summed E-state index contributed by atoms with van der Waals surface area (Å²) in [6, 6.07) is 14.3. The highest BCUT2D eigenvalue weighted by Crippen LogP contribution is 2.26. The lowest BCUT2D eigenvalue weighted by Gasteiger charge is -2.18. The number of hydrogen-bond acceptors (Lipinski definition) is 5. The third-order valence-corrected chi connectivity index (χ3v) is 5.23. The molecule has 3 rings (SSSR count). The lowest BCUT2D eigenvalue weighted by atomic mass is 10.0. The van der Waals surface area contributed by atoms with Crippen LogP contribution in [0.15, 0.2) is 54.6 Å². The van der Waals surface area contributed by atoms with Crippen LogP contribution < -0.4 is 5.32 Å². The molecule has 0 saturated heterocycles. The number of ether oxygens (including phenoxy) is 1. The van der Waals surface area contributed by atoms with Gasteiger partial charge in [0.2, 0.25) is 5.91 Å². The number of methoxy groups -OCH3 is 1. The molecular weight excluding hydrogens is 384 g/mol. The zero-order chi connectivity index (χ0) is 19.2. The Morgan fingerprint density at radius 1 is 1.22 bits per heavy atom. The predicted octanol–water partition coefficient (Wildman–Crippen LogP) is 4.38. The Labute approximate surface area is 165 Å². The van der Waals surface area contributed by atoms with Crippen molar-refractivity contribution < 1.29 is 14.3 Å². The van der Waals surface area contributed by atoms with Crippen LogP contribution in [0.5, 0.6) is 0 Å². The number of hydrogen-bond donors (Lipinski definition) is 1. The number of carbonyl (C=O) groups is 2. The van der Waals surface area contributed by atoms with Crippen molar-refractivity contribution in [1.82, 2.24) is 10.3 Å². The summed E-state index contributed by atoms with van der Waals surface area (Å²) in [7, 11) is 1.31. The van der Waals surface area contributed by atoms with E-state index < -0.39 is 12.0 Å². The normalized spacial score (nSPS) is 12.2. The van der Waals surface area contributed by atoms with Crippen LogP contribution in [0, 0.1) is 0 Å². The van der Waals surface area contributed by atoms with Gasteiger partial charge in [-0.3, -0.25) is 9.59 Å². The Balaban J connectivity index is 1.75. The highest BCUT2D eigenvalue weighted by Gasteiger charge is 2.20. The number of rotatable bonds is 6. The van der Waals surface area contributed by atoms with E-state index in [-0.39, 0.29) is 12.3 Å². The first kappa shape index (κ1) is 19.1. The number of carbonyl (C=O) groups excluding carboxylic acids is 2. The molecule has 2 aromatic carbocycles. The number of nitrogens with one attached hydrogen (secondary N) is 1. The number of amides is 1. The van der Waals surface area contributed by atoms with Gasteiger partial charge in [-0.1, -0.05) is 41.9 Å². The van der Waals surface area contributed by atoms with Crippen molar-refractivity contribution >= 4 is 51.1 Å². The van der Waals surface area contributed by atoms with E-state index in [4.69, 9.17) is 16.3 Å². The minimum absolute atomic E-state index is 0.0129. The molecule has 7 heteroatoms. The summed E-state index contributed by atoms with van der Waals surface area (Å²) in [6.45, 7) is 0. The smallest absolute Gasteiger partial charge is 0.307 e. The van der Waals surface area contributed by atoms with E-state index in [1.165, 1.54) is 24.5 Å². The van der Waals surface area contributed by atoms with Gasteiger partial charge in [0.1, 0.15) is 5.01 Å². The van der Waals surface area contributed by atoms with Gasteiger partial charge in [0.25, 0.3) is 0 Å². The molecule has 1 amide bonds. The molecule has 1 aromatic heterocycles. The van der Waals surface area contributed by atoms with Gasteiger partial charge >= 0.3 is 5.97 Å². The van der Waals surface area contributed by atoms with Crippen molar-refractivity contribution in [3.63, 3.8) is 0 Å². The number of benzene rings is 2. The summed E-state index contributed by atoms with van der Waals surface area (Å²) in [5, 5.41) is 4.01. The third kappa shape index (κ3) is 4.93. The van der Waals surface area contributed by atoms with E-state index in [1.807, 2.05) is 24.3 Å². The maximum absolute atomic E-state index is 12.4. The highest BCUT2D eigenvalue weighted by molar-refractivity contribution is 7.19. The standard InChI is InChI=1S/C20H17ClN2O3S/c1-26-20(25)12-16(13-6-2-3-7-14(13)21)22-18(24)10-11-19-23-15-8-4-5-9-17(15)27-19/h2-11,16H,12H2,1H3,(H,22,24)/b11-10+. The minimum atomic E-state index is -0.585. The number of fused-ring (bicyclic) bond motifs is 1. The Morgan fingerprint density at radius 3 is 2.70 bits per heavy atom. The fourth-order valence-electron chi connectivity index (χ4n) is 2.57. The topological polar surface area (TPSA) is 68.3 Å². The van der Waals surface area contributed by atoms with E-state index in [0.717, 1.165) is 15.2 Å². The molecular formula is C20H17ClN2O3S. The molecule has 0 saturated carbocycles. The van der Waals surface area contributed by atoms with E-state index in [2.05, 4.69) is 10.3 Å². The maximum Gasteiger partial charge on any atom is 0.307 e. The van der Waals surface area contributed by atoms with Gasteiger partial charge in [-0.25, -0.2) is 4.98 Å². The SMILES string of the molecule is COC(=O)CC(NC(=O)/C=C/c1nc2ccccc2s1)c1ccccc1Cl. The molecule has 27 heavy (non-hydrogen) atoms. The number of halogens is 1. The summed E-state index contributed by atoms with van der Waals surface area (Å²) < 4.78 is 5.78. The van der Waals surface area contributed by atoms with Crippen LogP contribution in [0.25, 0.3) is 16.3 Å². The second-order valence-corrected chi connectivity index (χ2v) is 7.19. The number of aromatic nitrogens is 1. The molecule has 0 radical (unpaired) electrons. The number of nitrogens with zero attached hydrogens (tertiary/aromatic N) is 1. The molecule has 0 aliphatic rings. The van der Waals surface area contributed by atoms with Crippen molar-refractivity contribution in [2.45, 2.75) is 12.5 Å². The fourth-order valence-corrected chi connectivity index (χ4v) is 3.71. The van der Waals surface area contributed by atoms with Crippen LogP contribution in [0.3, 0.4) is 0 Å². The van der Waals surface area contributed by atoms with Crippen LogP contribution in [-0.4, -0.2) is 24.0 Å². The molecule has 0 fully saturated rings. The van der Waals surface area contributed by atoms with Crippen LogP contribution >= 0.6 is 22.9 Å². The molecule has 1 N–H and O–H groups in total. The average molecular weight is 401 g/mol. The van der Waals surface area contributed by atoms with Gasteiger partial charge in [-0.2, -0.15) is 0 Å². The van der Waals surface area contributed by atoms with E-state index in [0.29, 0.717) is 10.6 Å². The van der Waals surface area contributed by atoms with Gasteiger partial charge in [-0.05, 0) is 29.8 Å². The van der Waals surface area contributed by atoms with Gasteiger partial charge in [0.05, 0.1) is 29.8 Å². The molecule has 0 aliphatic heterocycles. The summed E-state index contributed by atoms with van der Waals surface area (Å²) in [5.74, 6) is -0.779. The van der Waals surface area contributed by atoms with Crippen molar-refractivity contribution in [1.29, 1.82) is 0 Å². The van der Waals surface area contributed by atoms with Gasteiger partial charge in [0.15, 0.2) is 0 Å². The van der Waals surface area contributed by atoms with Crippen LogP contribution in [0.1, 0.15) is 23.0 Å². The average Bonchev–Trinajstić information content (AvgIpc) is 3.09. The molecule has 3 aromatic rings. The van der Waals surface area contributed by atoms with Crippen LogP contribution in [0.2, 0.25) is 5.02 Å². The molecule has 5 nitrogen and oxygen atoms in total. The van der Waals surface area contributed by atoms with Crippen molar-refractivity contribution in [2.24, 2.45) is 0 Å².